The van der Waals surface area contributed by atoms with E-state index in [0.29, 0.717) is 5.92 Å². The molecule has 0 heterocycles. The van der Waals surface area contributed by atoms with Crippen LogP contribution in [-0.4, -0.2) is 21.8 Å². The molecule has 1 rings (SSSR count). The number of carboxylic acid groups (broad SMARTS) is 1. The largest absolute Gasteiger partial charge is 0.478 e. The Kier molecular flexibility index (Phi) is 4.03. The Morgan fingerprint density at radius 2 is 2.31 bits per heavy atom. The monoisotopic (exact) mass is 206 g/mol. The highest BCUT2D eigenvalue weighted by Gasteiger charge is 2.26. The fourth-order valence-electron chi connectivity index (χ4n) is 1.73. The summed E-state index contributed by atoms with van der Waals surface area (Å²) in [6.07, 6.45) is 4.22. The molecule has 0 aliphatic heterocycles. The van der Waals surface area contributed by atoms with Crippen molar-refractivity contribution in [3.8, 4) is 0 Å². The van der Waals surface area contributed by atoms with Gasteiger partial charge in [-0.1, -0.05) is 19.8 Å². The maximum Gasteiger partial charge on any atom is 0.348 e. The molecule has 4 heteroatoms. The number of hydrogen-bond donors (Lipinski definition) is 1. The molecular formula is C9H15FO2S. The summed E-state index contributed by atoms with van der Waals surface area (Å²) >= 11 is 0.966. The number of thioether (sulfide) groups is 1. The first-order valence-corrected chi connectivity index (χ1v) is 5.56. The number of carbonyl (C=O) groups is 1. The Morgan fingerprint density at radius 3 is 2.85 bits per heavy atom. The van der Waals surface area contributed by atoms with Crippen LogP contribution in [0.1, 0.15) is 32.6 Å². The fourth-order valence-corrected chi connectivity index (χ4v) is 2.93. The smallest absolute Gasteiger partial charge is 0.348 e. The zero-order valence-electron chi connectivity index (χ0n) is 7.70. The zero-order valence-corrected chi connectivity index (χ0v) is 8.52. The molecule has 2 nitrogen and oxygen atoms in total. The molecule has 0 bridgehead atoms. The van der Waals surface area contributed by atoms with E-state index < -0.39 is 11.5 Å². The topological polar surface area (TPSA) is 37.3 Å². The maximum absolute atomic E-state index is 12.8. The van der Waals surface area contributed by atoms with Crippen LogP contribution in [0.5, 0.6) is 0 Å². The summed E-state index contributed by atoms with van der Waals surface area (Å²) in [5, 5.41) is 8.59. The number of carboxylic acids is 1. The van der Waals surface area contributed by atoms with Gasteiger partial charge in [-0.05, 0) is 18.8 Å². The van der Waals surface area contributed by atoms with Gasteiger partial charge in [-0.3, -0.25) is 0 Å². The first-order valence-electron chi connectivity index (χ1n) is 4.62. The van der Waals surface area contributed by atoms with Gasteiger partial charge < -0.3 is 5.11 Å². The van der Waals surface area contributed by atoms with Crippen molar-refractivity contribution in [2.45, 2.75) is 43.4 Å². The lowest BCUT2D eigenvalue weighted by molar-refractivity contribution is -0.139. The number of halogens is 1. The molecule has 1 fully saturated rings. The van der Waals surface area contributed by atoms with Crippen molar-refractivity contribution in [2.75, 3.05) is 0 Å². The van der Waals surface area contributed by atoms with Crippen LogP contribution in [0.15, 0.2) is 0 Å². The molecule has 3 atom stereocenters. The van der Waals surface area contributed by atoms with Crippen LogP contribution < -0.4 is 0 Å². The zero-order chi connectivity index (χ0) is 9.84. The van der Waals surface area contributed by atoms with Crippen molar-refractivity contribution < 1.29 is 14.3 Å². The third kappa shape index (κ3) is 3.55. The van der Waals surface area contributed by atoms with Crippen LogP contribution in [0.2, 0.25) is 0 Å². The average molecular weight is 206 g/mol. The number of rotatable bonds is 3. The summed E-state index contributed by atoms with van der Waals surface area (Å²) in [6.45, 7) is 2.14. The van der Waals surface area contributed by atoms with Crippen LogP contribution in [0.4, 0.5) is 4.39 Å². The van der Waals surface area contributed by atoms with Crippen LogP contribution in [-0.2, 0) is 4.79 Å². The van der Waals surface area contributed by atoms with Crippen molar-refractivity contribution in [1.82, 2.24) is 0 Å². The average Bonchev–Trinajstić information content (AvgIpc) is 2.04. The standard InChI is InChI=1S/C9H15FO2S/c1-6-3-2-4-7(5-6)13-8(10)9(11)12/h6-8H,2-5H2,1H3,(H,11,12). The van der Waals surface area contributed by atoms with Gasteiger partial charge in [0.05, 0.1) is 0 Å². The summed E-state index contributed by atoms with van der Waals surface area (Å²) in [5.74, 6) is -0.726. The molecule has 1 saturated carbocycles. The molecule has 3 unspecified atom stereocenters. The summed E-state index contributed by atoms with van der Waals surface area (Å²) in [4.78, 5) is 10.3. The van der Waals surface area contributed by atoms with Crippen molar-refractivity contribution in [2.24, 2.45) is 5.92 Å². The fraction of sp³-hybridized carbons (Fsp3) is 0.889. The predicted molar refractivity (Wildman–Crippen MR) is 51.5 cm³/mol. The minimum absolute atomic E-state index is 0.204. The Balaban J connectivity index is 2.31. The molecule has 1 aliphatic rings. The summed E-state index contributed by atoms with van der Waals surface area (Å²) in [5.41, 5.74) is -1.74. The second-order valence-corrected chi connectivity index (χ2v) is 5.04. The molecule has 1 aliphatic carbocycles. The Bertz CT molecular complexity index is 186. The first kappa shape index (κ1) is 10.8. The molecule has 0 amide bonds. The second-order valence-electron chi connectivity index (χ2n) is 3.68. The molecule has 0 saturated heterocycles. The minimum atomic E-state index is -1.74. The highest BCUT2D eigenvalue weighted by atomic mass is 32.2. The van der Waals surface area contributed by atoms with E-state index in [4.69, 9.17) is 5.11 Å². The van der Waals surface area contributed by atoms with Gasteiger partial charge in [0.1, 0.15) is 0 Å². The molecule has 0 aromatic carbocycles. The lowest BCUT2D eigenvalue weighted by atomic mass is 9.91. The van der Waals surface area contributed by atoms with E-state index in [1.54, 1.807) is 0 Å². The molecular weight excluding hydrogens is 191 g/mol. The Morgan fingerprint density at radius 1 is 1.62 bits per heavy atom. The van der Waals surface area contributed by atoms with Gasteiger partial charge in [0.15, 0.2) is 0 Å². The molecule has 76 valence electrons. The van der Waals surface area contributed by atoms with Gasteiger partial charge in [0, 0.05) is 5.25 Å². The quantitative estimate of drug-likeness (QED) is 0.771. The maximum atomic E-state index is 12.8. The second kappa shape index (κ2) is 4.84. The highest BCUT2D eigenvalue weighted by Crippen LogP contribution is 2.34. The van der Waals surface area contributed by atoms with E-state index in [9.17, 15) is 9.18 Å². The first-order chi connectivity index (χ1) is 6.09. The van der Waals surface area contributed by atoms with Crippen molar-refractivity contribution in [3.05, 3.63) is 0 Å². The summed E-state index contributed by atoms with van der Waals surface area (Å²) in [7, 11) is 0. The van der Waals surface area contributed by atoms with Gasteiger partial charge in [-0.25, -0.2) is 9.18 Å². The molecule has 0 radical (unpaired) electrons. The van der Waals surface area contributed by atoms with Gasteiger partial charge in [-0.15, -0.1) is 11.8 Å². The SMILES string of the molecule is CC1CCCC(SC(F)C(=O)O)C1. The van der Waals surface area contributed by atoms with E-state index in [2.05, 4.69) is 6.92 Å². The van der Waals surface area contributed by atoms with Crippen molar-refractivity contribution >= 4 is 17.7 Å². The number of hydrogen-bond acceptors (Lipinski definition) is 2. The Hall–Kier alpha value is -0.250. The van der Waals surface area contributed by atoms with Gasteiger partial charge in [-0.2, -0.15) is 0 Å². The lowest BCUT2D eigenvalue weighted by Crippen LogP contribution is -2.20. The van der Waals surface area contributed by atoms with E-state index in [-0.39, 0.29) is 5.25 Å². The third-order valence-corrected chi connectivity index (χ3v) is 3.65. The van der Waals surface area contributed by atoms with Crippen LogP contribution in [0.25, 0.3) is 0 Å². The summed E-state index contributed by atoms with van der Waals surface area (Å²) < 4.78 is 12.8. The van der Waals surface area contributed by atoms with E-state index in [1.807, 2.05) is 0 Å². The van der Waals surface area contributed by atoms with Crippen molar-refractivity contribution in [3.63, 3.8) is 0 Å². The van der Waals surface area contributed by atoms with E-state index in [1.165, 1.54) is 6.42 Å². The van der Waals surface area contributed by atoms with Gasteiger partial charge in [0.2, 0.25) is 5.50 Å². The lowest BCUT2D eigenvalue weighted by Gasteiger charge is -2.26. The molecule has 0 spiro atoms. The van der Waals surface area contributed by atoms with Gasteiger partial charge >= 0.3 is 5.97 Å². The molecule has 1 N–H and O–H groups in total. The number of alkyl halides is 1. The van der Waals surface area contributed by atoms with Gasteiger partial charge in [0.25, 0.3) is 0 Å². The summed E-state index contributed by atoms with van der Waals surface area (Å²) in [6, 6.07) is 0. The van der Waals surface area contributed by atoms with E-state index in [0.717, 1.165) is 31.0 Å². The van der Waals surface area contributed by atoms with E-state index >= 15 is 0 Å². The molecule has 0 aromatic heterocycles. The number of aliphatic carboxylic acids is 1. The normalized spacial score (nSPS) is 31.2. The minimum Gasteiger partial charge on any atom is -0.478 e. The predicted octanol–water partition coefficient (Wildman–Crippen LogP) is 2.68. The van der Waals surface area contributed by atoms with Crippen molar-refractivity contribution in [1.29, 1.82) is 0 Å². The van der Waals surface area contributed by atoms with Crippen LogP contribution in [0, 0.1) is 5.92 Å². The highest BCUT2D eigenvalue weighted by molar-refractivity contribution is 8.01. The molecule has 13 heavy (non-hydrogen) atoms. The van der Waals surface area contributed by atoms with Crippen LogP contribution >= 0.6 is 11.8 Å². The third-order valence-electron chi connectivity index (χ3n) is 2.39. The Labute approximate surface area is 81.9 Å². The molecule has 0 aromatic rings. The van der Waals surface area contributed by atoms with Crippen LogP contribution in [0.3, 0.4) is 0 Å².